The molecule has 13 fully saturated rings. The molecule has 26 nitrogen and oxygen atoms in total. The summed E-state index contributed by atoms with van der Waals surface area (Å²) in [7, 11) is 3.36. The Labute approximate surface area is 884 Å². The maximum atomic E-state index is 6.36. The van der Waals surface area contributed by atoms with E-state index >= 15 is 0 Å². The fourth-order valence-corrected chi connectivity index (χ4v) is 13.0. The summed E-state index contributed by atoms with van der Waals surface area (Å²) in [6.07, 6.45) is 4.52. The Hall–Kier alpha value is -12.2. The summed E-state index contributed by atoms with van der Waals surface area (Å²) in [5.74, 6) is 12.3. The van der Waals surface area contributed by atoms with E-state index < -0.39 is 0 Å². The molecule has 0 saturated carbocycles. The second kappa shape index (κ2) is 63.9. The first kappa shape index (κ1) is 113. The van der Waals surface area contributed by atoms with Crippen LogP contribution in [0.5, 0.6) is 63.2 Å². The van der Waals surface area contributed by atoms with Gasteiger partial charge in [-0.15, -0.1) is 0 Å². The number of epoxide rings is 13. The van der Waals surface area contributed by atoms with Crippen molar-refractivity contribution in [1.29, 1.82) is 0 Å². The smallest absolute Gasteiger partial charge is 0.123 e. The van der Waals surface area contributed by atoms with Gasteiger partial charge in [0.25, 0.3) is 0 Å². The molecule has 0 aliphatic carbocycles. The number of para-hydroxylation sites is 7. The number of rotatable bonds is 40. The molecule has 0 bridgehead atoms. The highest BCUT2D eigenvalue weighted by Gasteiger charge is 2.32. The van der Waals surface area contributed by atoms with Crippen molar-refractivity contribution in [1.82, 2.24) is 0 Å². The Balaban J connectivity index is 0.000000137. The monoisotopic (exact) mass is 2060 g/mol. The van der Waals surface area contributed by atoms with Gasteiger partial charge in [0.05, 0.1) is 99.1 Å². The number of hydrogen-bond acceptors (Lipinski definition) is 26. The molecular weight excluding hydrogens is 1910 g/mol. The van der Waals surface area contributed by atoms with Crippen molar-refractivity contribution in [3.8, 4) is 63.2 Å². The minimum absolute atomic E-state index is 0.150. The molecule has 0 radical (unpaired) electrons. The molecule has 13 aliphatic rings. The standard InChI is InChI=1S/C33H32O8.C10H8.7C9H10O2.C6H14.2C4H8O2.C4H10/c1-5-22(34-12-24-14-36-24)9-28-20(1)3-7-32(40-18-26-16-38-26)30(28)11-31-29-10-23(35-13-25-15-37-25)6-2-21(29)4-8-33(31)41-19-27-17-39-27;1-2-6-10-8-4-3-7-9(10)5-1;7*1-2-4-8(5-3-1)10-6-9-7-11-9;1-5(2)6(3)4;2*1-5-2-4-3-6-4;1-4(2)3/h1-10,24-27H,11-19H2;1-8H;7*1-5,9H,6-7H2;5-6H,1-4H3;2*4H,2-3H2,1H3;4H,1-3H3. The Morgan fingerprint density at radius 3 is 0.513 bits per heavy atom. The van der Waals surface area contributed by atoms with Crippen molar-refractivity contribution < 1.29 is 123 Å². The van der Waals surface area contributed by atoms with Crippen LogP contribution in [0.15, 0.2) is 322 Å². The van der Waals surface area contributed by atoms with Crippen LogP contribution in [0.3, 0.4) is 0 Å². The van der Waals surface area contributed by atoms with Gasteiger partial charge in [-0.05, 0) is 171 Å². The van der Waals surface area contributed by atoms with Crippen molar-refractivity contribution in [3.63, 3.8) is 0 Å². The molecule has 802 valence electrons. The Morgan fingerprint density at radius 1 is 0.187 bits per heavy atom. The van der Waals surface area contributed by atoms with E-state index in [1.165, 1.54) is 10.8 Å². The number of benzene rings is 13. The zero-order valence-electron chi connectivity index (χ0n) is 88.0. The predicted octanol–water partition coefficient (Wildman–Crippen LogP) is 21.8. The minimum Gasteiger partial charge on any atom is -0.491 e. The van der Waals surface area contributed by atoms with Gasteiger partial charge in [0.2, 0.25) is 0 Å². The van der Waals surface area contributed by atoms with Crippen molar-refractivity contribution in [3.05, 3.63) is 333 Å². The lowest BCUT2D eigenvalue weighted by atomic mass is 9.93. The summed E-state index contributed by atoms with van der Waals surface area (Å²) in [5, 5.41) is 7.02. The van der Waals surface area contributed by atoms with Gasteiger partial charge in [-0.3, -0.25) is 0 Å². The number of ether oxygens (including phenoxy) is 26. The van der Waals surface area contributed by atoms with Crippen LogP contribution >= 0.6 is 0 Å². The highest BCUT2D eigenvalue weighted by molar-refractivity contribution is 5.93. The molecule has 13 aromatic carbocycles. The van der Waals surface area contributed by atoms with E-state index in [9.17, 15) is 0 Å². The SMILES string of the molecule is CC(C)C.CC(C)C(C)C.COCC1CO1.COCC1CO1.c1cc2ccc(OCC3CO3)c(Cc3c(OCC4CO4)ccc4ccc(OCC5CO5)cc34)c2cc1OCC1CO1.c1ccc(OCC2CO2)cc1.c1ccc(OCC2CO2)cc1.c1ccc(OCC2CO2)cc1.c1ccc(OCC2CO2)cc1.c1ccc(OCC2CO2)cc1.c1ccc(OCC2CO2)cc1.c1ccc(OCC2CO2)cc1.c1ccc2ccccc2c1. The van der Waals surface area contributed by atoms with Gasteiger partial charge in [-0.2, -0.15) is 0 Å². The highest BCUT2D eigenvalue weighted by atomic mass is 16.7. The average molecular weight is 2060 g/mol. The molecule has 13 heterocycles. The topological polar surface area (TPSA) is 283 Å². The normalized spacial score (nSPS) is 21.2. The number of fused-ring (bicyclic) bond motifs is 3. The summed E-state index contributed by atoms with van der Waals surface area (Å²) in [6, 6.07) is 106. The lowest BCUT2D eigenvalue weighted by Gasteiger charge is -2.19. The first-order valence-corrected chi connectivity index (χ1v) is 52.4. The average Bonchev–Trinajstić information content (AvgIpc) is 1.30. The van der Waals surface area contributed by atoms with Crippen molar-refractivity contribution >= 4 is 32.3 Å². The Bertz CT molecular complexity index is 5070. The fourth-order valence-electron chi connectivity index (χ4n) is 13.0. The second-order valence-electron chi connectivity index (χ2n) is 38.5. The zero-order chi connectivity index (χ0) is 104. The summed E-state index contributed by atoms with van der Waals surface area (Å²) in [4.78, 5) is 0. The number of methoxy groups -OCH3 is 2. The van der Waals surface area contributed by atoms with Gasteiger partial charge in [-0.25, -0.2) is 0 Å². The third-order valence-electron chi connectivity index (χ3n) is 23.4. The summed E-state index contributed by atoms with van der Waals surface area (Å²) in [6.45, 7) is 34.7. The maximum absolute atomic E-state index is 6.36. The molecule has 26 rings (SSSR count). The van der Waals surface area contributed by atoms with Gasteiger partial charge in [0.15, 0.2) is 0 Å². The zero-order valence-corrected chi connectivity index (χ0v) is 88.0. The van der Waals surface area contributed by atoms with Crippen LogP contribution < -0.4 is 52.1 Å². The van der Waals surface area contributed by atoms with Crippen LogP contribution in [0.25, 0.3) is 32.3 Å². The molecule has 13 atom stereocenters. The van der Waals surface area contributed by atoms with Crippen LogP contribution in [0, 0.1) is 17.8 Å². The van der Waals surface area contributed by atoms with Crippen LogP contribution in [0.1, 0.15) is 59.6 Å². The predicted molar refractivity (Wildman–Crippen MR) is 581 cm³/mol. The molecule has 0 aromatic heterocycles. The molecule has 150 heavy (non-hydrogen) atoms. The van der Waals surface area contributed by atoms with Gasteiger partial charge < -0.3 is 123 Å². The molecule has 0 N–H and O–H groups in total. The van der Waals surface area contributed by atoms with E-state index in [0.717, 1.165) is 213 Å². The molecule has 26 heteroatoms. The van der Waals surface area contributed by atoms with Crippen molar-refractivity contribution in [2.24, 2.45) is 17.8 Å². The number of hydrogen-bond donors (Lipinski definition) is 0. The molecule has 13 aliphatic heterocycles. The van der Waals surface area contributed by atoms with Crippen LogP contribution in [0.4, 0.5) is 0 Å². The van der Waals surface area contributed by atoms with E-state index in [0.29, 0.717) is 134 Å². The Kier molecular flexibility index (Phi) is 48.3. The molecular formula is C124H150O26. The third-order valence-corrected chi connectivity index (χ3v) is 23.4. The van der Waals surface area contributed by atoms with Gasteiger partial charge in [0.1, 0.15) is 215 Å². The van der Waals surface area contributed by atoms with Crippen LogP contribution in [0.2, 0.25) is 0 Å². The molecule has 13 aromatic rings. The van der Waals surface area contributed by atoms with Crippen molar-refractivity contribution in [2.45, 2.75) is 134 Å². The van der Waals surface area contributed by atoms with E-state index in [1.807, 2.05) is 224 Å². The Morgan fingerprint density at radius 2 is 0.347 bits per heavy atom. The van der Waals surface area contributed by atoms with Crippen molar-refractivity contribution in [2.75, 3.05) is 186 Å². The van der Waals surface area contributed by atoms with Crippen LogP contribution in [-0.2, 0) is 77.5 Å². The van der Waals surface area contributed by atoms with E-state index in [1.54, 1.807) is 14.2 Å². The lowest BCUT2D eigenvalue weighted by molar-refractivity contribution is 0.171. The fraction of sp³-hybridized carbons (Fsp3) is 0.419. The quantitative estimate of drug-likeness (QED) is 0.0322. The second-order valence-corrected chi connectivity index (χ2v) is 38.5. The summed E-state index contributed by atoms with van der Waals surface area (Å²) in [5.41, 5.74) is 2.16. The lowest BCUT2D eigenvalue weighted by Crippen LogP contribution is -2.09. The summed E-state index contributed by atoms with van der Waals surface area (Å²) < 4.78 is 138. The van der Waals surface area contributed by atoms with Gasteiger partial charge in [-0.1, -0.05) is 249 Å². The summed E-state index contributed by atoms with van der Waals surface area (Å²) >= 11 is 0. The maximum Gasteiger partial charge on any atom is 0.123 e. The molecule has 13 unspecified atom stereocenters. The van der Waals surface area contributed by atoms with Gasteiger partial charge >= 0.3 is 0 Å². The molecule has 0 amide bonds. The van der Waals surface area contributed by atoms with E-state index in [2.05, 4.69) is 146 Å². The first-order chi connectivity index (χ1) is 73.6. The highest BCUT2D eigenvalue weighted by Crippen LogP contribution is 2.40. The largest absolute Gasteiger partial charge is 0.491 e. The van der Waals surface area contributed by atoms with Gasteiger partial charge in [0, 0.05) is 31.8 Å². The van der Waals surface area contributed by atoms with E-state index in [4.69, 9.17) is 123 Å². The third kappa shape index (κ3) is 50.2. The molecule has 0 spiro atoms. The minimum atomic E-state index is 0.150. The first-order valence-electron chi connectivity index (χ1n) is 52.4. The molecule has 13 saturated heterocycles. The van der Waals surface area contributed by atoms with E-state index in [-0.39, 0.29) is 24.4 Å². The van der Waals surface area contributed by atoms with Crippen LogP contribution in [-0.4, -0.2) is 265 Å².